The van der Waals surface area contributed by atoms with Gasteiger partial charge < -0.3 is 15.7 Å². The summed E-state index contributed by atoms with van der Waals surface area (Å²) in [6.45, 7) is 4.06. The van der Waals surface area contributed by atoms with Gasteiger partial charge in [-0.15, -0.1) is 0 Å². The van der Waals surface area contributed by atoms with Gasteiger partial charge in [-0.3, -0.25) is 9.59 Å². The number of hydrogen-bond acceptors (Lipinski definition) is 3. The highest BCUT2D eigenvalue weighted by atomic mass is 16.3. The number of amides is 2. The van der Waals surface area contributed by atoms with E-state index >= 15 is 0 Å². The fraction of sp³-hybridized carbons (Fsp3) is 0.500. The van der Waals surface area contributed by atoms with Crippen molar-refractivity contribution in [2.75, 3.05) is 13.2 Å². The lowest BCUT2D eigenvalue weighted by Gasteiger charge is -2.19. The average Bonchev–Trinajstić information content (AvgIpc) is 2.45. The molecule has 2 atom stereocenters. The molecule has 5 heteroatoms. The Morgan fingerprint density at radius 3 is 2.48 bits per heavy atom. The summed E-state index contributed by atoms with van der Waals surface area (Å²) >= 11 is 0. The molecular formula is C16H24N2O3. The van der Waals surface area contributed by atoms with Gasteiger partial charge >= 0.3 is 0 Å². The summed E-state index contributed by atoms with van der Waals surface area (Å²) in [7, 11) is 0. The van der Waals surface area contributed by atoms with Crippen molar-refractivity contribution in [1.82, 2.24) is 10.6 Å². The van der Waals surface area contributed by atoms with E-state index in [0.717, 1.165) is 5.56 Å². The predicted molar refractivity (Wildman–Crippen MR) is 81.5 cm³/mol. The molecule has 0 aliphatic heterocycles. The zero-order valence-electron chi connectivity index (χ0n) is 12.6. The molecule has 0 saturated carbocycles. The van der Waals surface area contributed by atoms with Crippen LogP contribution in [0, 0.1) is 5.92 Å². The zero-order chi connectivity index (χ0) is 15.7. The van der Waals surface area contributed by atoms with E-state index in [2.05, 4.69) is 10.6 Å². The molecule has 0 aliphatic carbocycles. The van der Waals surface area contributed by atoms with Gasteiger partial charge in [0.2, 0.25) is 11.8 Å². The Balaban J connectivity index is 2.56. The first-order valence-electron chi connectivity index (χ1n) is 7.22. The Morgan fingerprint density at radius 2 is 1.90 bits per heavy atom. The normalized spacial score (nSPS) is 13.3. The summed E-state index contributed by atoms with van der Waals surface area (Å²) in [5, 5.41) is 14.5. The van der Waals surface area contributed by atoms with E-state index in [9.17, 15) is 9.59 Å². The molecule has 0 aliphatic rings. The summed E-state index contributed by atoms with van der Waals surface area (Å²) in [5.74, 6) is -0.0393. The third-order valence-corrected chi connectivity index (χ3v) is 3.24. The quantitative estimate of drug-likeness (QED) is 0.677. The highest BCUT2D eigenvalue weighted by molar-refractivity contribution is 5.79. The SMILES string of the molecule is CC(=O)NC(CC(=O)NCC(C)CCO)c1ccccc1. The maximum Gasteiger partial charge on any atom is 0.222 e. The lowest BCUT2D eigenvalue weighted by Crippen LogP contribution is -2.34. The molecule has 0 spiro atoms. The molecule has 0 heterocycles. The molecule has 21 heavy (non-hydrogen) atoms. The molecule has 2 unspecified atom stereocenters. The molecule has 0 bridgehead atoms. The van der Waals surface area contributed by atoms with Gasteiger partial charge in [-0.2, -0.15) is 0 Å². The van der Waals surface area contributed by atoms with Crippen LogP contribution < -0.4 is 10.6 Å². The van der Waals surface area contributed by atoms with E-state index in [0.29, 0.717) is 13.0 Å². The minimum Gasteiger partial charge on any atom is -0.396 e. The third kappa shape index (κ3) is 6.90. The van der Waals surface area contributed by atoms with E-state index in [4.69, 9.17) is 5.11 Å². The molecule has 0 aromatic heterocycles. The maximum absolute atomic E-state index is 12.0. The van der Waals surface area contributed by atoms with E-state index in [1.165, 1.54) is 6.92 Å². The molecule has 2 amide bonds. The number of carbonyl (C=O) groups is 2. The van der Waals surface area contributed by atoms with Crippen LogP contribution in [0.1, 0.15) is 38.3 Å². The fourth-order valence-corrected chi connectivity index (χ4v) is 2.05. The van der Waals surface area contributed by atoms with E-state index < -0.39 is 0 Å². The average molecular weight is 292 g/mol. The number of carbonyl (C=O) groups excluding carboxylic acids is 2. The number of benzene rings is 1. The van der Waals surface area contributed by atoms with Crippen molar-refractivity contribution in [3.63, 3.8) is 0 Å². The summed E-state index contributed by atoms with van der Waals surface area (Å²) in [6.07, 6.45) is 0.865. The van der Waals surface area contributed by atoms with Crippen LogP contribution in [-0.4, -0.2) is 30.1 Å². The summed E-state index contributed by atoms with van der Waals surface area (Å²) in [6, 6.07) is 9.11. The minimum atomic E-state index is -0.322. The number of aliphatic hydroxyl groups excluding tert-OH is 1. The van der Waals surface area contributed by atoms with Gasteiger partial charge in [0.1, 0.15) is 0 Å². The standard InChI is InChI=1S/C16H24N2O3/c1-12(8-9-19)11-17-16(21)10-15(18-13(2)20)14-6-4-3-5-7-14/h3-7,12,15,19H,8-11H2,1-2H3,(H,17,21)(H,18,20). The number of hydrogen-bond donors (Lipinski definition) is 3. The number of rotatable bonds is 8. The topological polar surface area (TPSA) is 78.4 Å². The maximum atomic E-state index is 12.0. The second kappa shape index (κ2) is 9.13. The smallest absolute Gasteiger partial charge is 0.222 e. The van der Waals surface area contributed by atoms with Crippen LogP contribution in [0.3, 0.4) is 0 Å². The molecule has 116 valence electrons. The number of nitrogens with one attached hydrogen (secondary N) is 2. The van der Waals surface area contributed by atoms with E-state index in [1.54, 1.807) is 0 Å². The minimum absolute atomic E-state index is 0.109. The van der Waals surface area contributed by atoms with Crippen LogP contribution >= 0.6 is 0 Å². The Hall–Kier alpha value is -1.88. The fourth-order valence-electron chi connectivity index (χ4n) is 2.05. The van der Waals surface area contributed by atoms with Gasteiger partial charge in [-0.25, -0.2) is 0 Å². The van der Waals surface area contributed by atoms with Crippen LogP contribution in [0.2, 0.25) is 0 Å². The molecule has 1 rings (SSSR count). The van der Waals surface area contributed by atoms with Crippen molar-refractivity contribution in [3.8, 4) is 0 Å². The van der Waals surface area contributed by atoms with Gasteiger partial charge in [0.05, 0.1) is 12.5 Å². The van der Waals surface area contributed by atoms with Gasteiger partial charge in [0.25, 0.3) is 0 Å². The van der Waals surface area contributed by atoms with Crippen molar-refractivity contribution in [2.45, 2.75) is 32.7 Å². The van der Waals surface area contributed by atoms with Crippen LogP contribution in [0.15, 0.2) is 30.3 Å². The molecule has 0 saturated heterocycles. The predicted octanol–water partition coefficient (Wildman–Crippen LogP) is 1.39. The van der Waals surface area contributed by atoms with Gasteiger partial charge in [0, 0.05) is 20.1 Å². The summed E-state index contributed by atoms with van der Waals surface area (Å²) < 4.78 is 0. The van der Waals surface area contributed by atoms with Crippen molar-refractivity contribution in [3.05, 3.63) is 35.9 Å². The number of aliphatic hydroxyl groups is 1. The molecule has 3 N–H and O–H groups in total. The molecule has 1 aromatic rings. The molecule has 5 nitrogen and oxygen atoms in total. The first-order chi connectivity index (χ1) is 10.0. The largest absolute Gasteiger partial charge is 0.396 e. The second-order valence-electron chi connectivity index (χ2n) is 5.29. The van der Waals surface area contributed by atoms with Crippen LogP contribution in [0.25, 0.3) is 0 Å². The molecule has 0 radical (unpaired) electrons. The Morgan fingerprint density at radius 1 is 1.24 bits per heavy atom. The highest BCUT2D eigenvalue weighted by Crippen LogP contribution is 2.16. The van der Waals surface area contributed by atoms with Crippen molar-refractivity contribution >= 4 is 11.8 Å². The van der Waals surface area contributed by atoms with E-state index in [1.807, 2.05) is 37.3 Å². The molecular weight excluding hydrogens is 268 g/mol. The van der Waals surface area contributed by atoms with Crippen LogP contribution in [0.4, 0.5) is 0 Å². The van der Waals surface area contributed by atoms with Crippen molar-refractivity contribution in [1.29, 1.82) is 0 Å². The highest BCUT2D eigenvalue weighted by Gasteiger charge is 2.17. The van der Waals surface area contributed by atoms with Crippen LogP contribution in [0.5, 0.6) is 0 Å². The van der Waals surface area contributed by atoms with Gasteiger partial charge in [0.15, 0.2) is 0 Å². The summed E-state index contributed by atoms with van der Waals surface area (Å²) in [4.78, 5) is 23.3. The Labute approximate surface area is 125 Å². The Bertz CT molecular complexity index is 448. The summed E-state index contributed by atoms with van der Waals surface area (Å²) in [5.41, 5.74) is 0.909. The molecule has 0 fully saturated rings. The lowest BCUT2D eigenvalue weighted by molar-refractivity contribution is -0.123. The first kappa shape index (κ1) is 17.2. The van der Waals surface area contributed by atoms with Gasteiger partial charge in [-0.1, -0.05) is 37.3 Å². The van der Waals surface area contributed by atoms with Crippen molar-refractivity contribution in [2.24, 2.45) is 5.92 Å². The first-order valence-corrected chi connectivity index (χ1v) is 7.22. The Kier molecular flexibility index (Phi) is 7.46. The second-order valence-corrected chi connectivity index (χ2v) is 5.29. The zero-order valence-corrected chi connectivity index (χ0v) is 12.6. The third-order valence-electron chi connectivity index (χ3n) is 3.24. The van der Waals surface area contributed by atoms with Crippen molar-refractivity contribution < 1.29 is 14.7 Å². The van der Waals surface area contributed by atoms with Gasteiger partial charge in [-0.05, 0) is 17.9 Å². The van der Waals surface area contributed by atoms with E-state index in [-0.39, 0.29) is 36.8 Å². The lowest BCUT2D eigenvalue weighted by atomic mass is 10.0. The molecule has 1 aromatic carbocycles. The monoisotopic (exact) mass is 292 g/mol. The van der Waals surface area contributed by atoms with Crippen LogP contribution in [-0.2, 0) is 9.59 Å².